The SMILES string of the molecule is Cc1cccc(N(C(=O)Cn2nnc(-c3ccc(F)cc3)n2)C(C(=O)NC2CCCC2)c2cccs2)c1C. The van der Waals surface area contributed by atoms with E-state index in [2.05, 4.69) is 20.7 Å². The van der Waals surface area contributed by atoms with E-state index in [-0.39, 0.29) is 36.0 Å². The lowest BCUT2D eigenvalue weighted by molar-refractivity contribution is -0.127. The van der Waals surface area contributed by atoms with E-state index in [9.17, 15) is 14.0 Å². The third-order valence-electron chi connectivity index (χ3n) is 6.96. The molecule has 1 aliphatic carbocycles. The van der Waals surface area contributed by atoms with Crippen LogP contribution < -0.4 is 10.2 Å². The fraction of sp³-hybridized carbons (Fsp3) is 0.321. The second kappa shape index (κ2) is 11.2. The van der Waals surface area contributed by atoms with Gasteiger partial charge in [0.15, 0.2) is 0 Å². The fourth-order valence-electron chi connectivity index (χ4n) is 4.81. The maximum absolute atomic E-state index is 14.0. The molecular weight excluding hydrogens is 503 g/mol. The highest BCUT2D eigenvalue weighted by atomic mass is 32.1. The molecule has 38 heavy (non-hydrogen) atoms. The van der Waals surface area contributed by atoms with Crippen molar-refractivity contribution in [3.63, 3.8) is 0 Å². The molecule has 1 N–H and O–H groups in total. The topological polar surface area (TPSA) is 93.0 Å². The Kier molecular flexibility index (Phi) is 7.59. The number of amides is 2. The number of nitrogens with one attached hydrogen (secondary N) is 1. The molecule has 0 aliphatic heterocycles. The number of hydrogen-bond acceptors (Lipinski definition) is 6. The van der Waals surface area contributed by atoms with Crippen molar-refractivity contribution >= 4 is 28.8 Å². The number of thiophene rings is 1. The lowest BCUT2D eigenvalue weighted by atomic mass is 10.0. The molecule has 4 aromatic rings. The number of rotatable bonds is 8. The van der Waals surface area contributed by atoms with Crippen LogP contribution >= 0.6 is 11.3 Å². The molecule has 5 rings (SSSR count). The van der Waals surface area contributed by atoms with Crippen LogP contribution in [0.2, 0.25) is 0 Å². The van der Waals surface area contributed by atoms with Crippen LogP contribution in [0.3, 0.4) is 0 Å². The molecule has 8 nitrogen and oxygen atoms in total. The van der Waals surface area contributed by atoms with Crippen LogP contribution in [0.5, 0.6) is 0 Å². The molecule has 1 atom stereocenters. The summed E-state index contributed by atoms with van der Waals surface area (Å²) in [6.45, 7) is 3.71. The van der Waals surface area contributed by atoms with Crippen molar-refractivity contribution < 1.29 is 14.0 Å². The fourth-order valence-corrected chi connectivity index (χ4v) is 5.62. The Bertz CT molecular complexity index is 1410. The van der Waals surface area contributed by atoms with Crippen LogP contribution in [0.4, 0.5) is 10.1 Å². The summed E-state index contributed by atoms with van der Waals surface area (Å²) in [5, 5.41) is 17.5. The maximum Gasteiger partial charge on any atom is 0.251 e. The van der Waals surface area contributed by atoms with Crippen LogP contribution in [0.15, 0.2) is 60.0 Å². The second-order valence-corrected chi connectivity index (χ2v) is 10.5. The molecule has 2 heterocycles. The summed E-state index contributed by atoms with van der Waals surface area (Å²) in [4.78, 5) is 31.4. The Balaban J connectivity index is 1.50. The first-order valence-corrected chi connectivity index (χ1v) is 13.5. The van der Waals surface area contributed by atoms with Gasteiger partial charge >= 0.3 is 0 Å². The van der Waals surface area contributed by atoms with Crippen molar-refractivity contribution in [2.75, 3.05) is 4.90 Å². The number of carbonyl (C=O) groups is 2. The standard InChI is InChI=1S/C28H29FN6O2S/c1-18-7-5-10-23(19(18)2)35(26(24-11-6-16-38-24)28(37)30-22-8-3-4-9-22)25(36)17-34-32-27(31-33-34)20-12-14-21(29)15-13-20/h5-7,10-16,22,26H,3-4,8-9,17H2,1-2H3,(H,30,37). The van der Waals surface area contributed by atoms with Gasteiger partial charge in [-0.25, -0.2) is 4.39 Å². The number of tetrazole rings is 1. The Labute approximate surface area is 224 Å². The van der Waals surface area contributed by atoms with Crippen molar-refractivity contribution in [1.29, 1.82) is 0 Å². The van der Waals surface area contributed by atoms with Gasteiger partial charge in [0.1, 0.15) is 18.4 Å². The van der Waals surface area contributed by atoms with Crippen molar-refractivity contribution in [3.05, 3.63) is 81.8 Å². The molecule has 0 bridgehead atoms. The predicted octanol–water partition coefficient (Wildman–Crippen LogP) is 4.99. The first-order chi connectivity index (χ1) is 18.4. The number of halogens is 1. The molecular formula is C28H29FN6O2S. The minimum absolute atomic E-state index is 0.107. The summed E-state index contributed by atoms with van der Waals surface area (Å²) in [6.07, 6.45) is 4.05. The summed E-state index contributed by atoms with van der Waals surface area (Å²) < 4.78 is 13.3. The van der Waals surface area contributed by atoms with E-state index in [1.165, 1.54) is 28.3 Å². The normalized spacial score (nSPS) is 14.4. The molecule has 2 aromatic heterocycles. The first-order valence-electron chi connectivity index (χ1n) is 12.7. The van der Waals surface area contributed by atoms with Gasteiger partial charge in [-0.1, -0.05) is 31.0 Å². The van der Waals surface area contributed by atoms with Gasteiger partial charge < -0.3 is 5.32 Å². The number of anilines is 1. The Morgan fingerprint density at radius 3 is 2.58 bits per heavy atom. The van der Waals surface area contributed by atoms with Gasteiger partial charge in [0.05, 0.1) is 0 Å². The number of nitrogens with zero attached hydrogens (tertiary/aromatic N) is 5. The predicted molar refractivity (Wildman–Crippen MR) is 144 cm³/mol. The lowest BCUT2D eigenvalue weighted by Gasteiger charge is -2.32. The van der Waals surface area contributed by atoms with Crippen molar-refractivity contribution in [1.82, 2.24) is 25.5 Å². The van der Waals surface area contributed by atoms with Crippen LogP contribution in [0.25, 0.3) is 11.4 Å². The molecule has 1 aliphatic rings. The lowest BCUT2D eigenvalue weighted by Crippen LogP contribution is -2.47. The van der Waals surface area contributed by atoms with E-state index in [4.69, 9.17) is 0 Å². The second-order valence-electron chi connectivity index (χ2n) is 9.54. The molecule has 2 amide bonds. The van der Waals surface area contributed by atoms with E-state index in [1.54, 1.807) is 17.0 Å². The summed E-state index contributed by atoms with van der Waals surface area (Å²) in [7, 11) is 0. The minimum atomic E-state index is -0.844. The zero-order valence-corrected chi connectivity index (χ0v) is 22.1. The number of hydrogen-bond donors (Lipinski definition) is 1. The molecule has 196 valence electrons. The molecule has 0 saturated heterocycles. The van der Waals surface area contributed by atoms with E-state index in [1.807, 2.05) is 49.6 Å². The summed E-state index contributed by atoms with van der Waals surface area (Å²) in [5.74, 6) is -0.630. The third-order valence-corrected chi connectivity index (χ3v) is 7.88. The molecule has 10 heteroatoms. The summed E-state index contributed by atoms with van der Waals surface area (Å²) >= 11 is 1.44. The highest BCUT2D eigenvalue weighted by Crippen LogP contribution is 2.34. The van der Waals surface area contributed by atoms with Gasteiger partial charge in [0.2, 0.25) is 11.7 Å². The first kappa shape index (κ1) is 25.7. The van der Waals surface area contributed by atoms with Gasteiger partial charge in [-0.2, -0.15) is 4.80 Å². The molecule has 1 fully saturated rings. The summed E-state index contributed by atoms with van der Waals surface area (Å²) in [6, 6.07) is 14.5. The molecule has 2 aromatic carbocycles. The maximum atomic E-state index is 14.0. The smallest absolute Gasteiger partial charge is 0.251 e. The number of benzene rings is 2. The molecule has 1 unspecified atom stereocenters. The third kappa shape index (κ3) is 5.50. The molecule has 0 spiro atoms. The molecule has 0 radical (unpaired) electrons. The van der Waals surface area contributed by atoms with E-state index in [0.717, 1.165) is 41.7 Å². The average Bonchev–Trinajstić information content (AvgIpc) is 3.69. The van der Waals surface area contributed by atoms with Crippen LogP contribution in [-0.4, -0.2) is 38.1 Å². The monoisotopic (exact) mass is 532 g/mol. The van der Waals surface area contributed by atoms with Crippen LogP contribution in [0, 0.1) is 19.7 Å². The minimum Gasteiger partial charge on any atom is -0.351 e. The summed E-state index contributed by atoms with van der Waals surface area (Å²) in [5.41, 5.74) is 3.17. The number of carbonyl (C=O) groups excluding carboxylic acids is 2. The van der Waals surface area contributed by atoms with E-state index in [0.29, 0.717) is 11.3 Å². The zero-order valence-electron chi connectivity index (χ0n) is 21.3. The van der Waals surface area contributed by atoms with Crippen LogP contribution in [0.1, 0.15) is 47.7 Å². The van der Waals surface area contributed by atoms with Gasteiger partial charge in [0.25, 0.3) is 5.91 Å². The van der Waals surface area contributed by atoms with E-state index >= 15 is 0 Å². The Hall–Kier alpha value is -3.92. The zero-order chi connectivity index (χ0) is 26.6. The van der Waals surface area contributed by atoms with Crippen molar-refractivity contribution in [2.24, 2.45) is 0 Å². The van der Waals surface area contributed by atoms with Gasteiger partial charge in [-0.3, -0.25) is 14.5 Å². The highest BCUT2D eigenvalue weighted by molar-refractivity contribution is 7.10. The quantitative estimate of drug-likeness (QED) is 0.345. The number of aromatic nitrogens is 4. The van der Waals surface area contributed by atoms with Crippen molar-refractivity contribution in [3.8, 4) is 11.4 Å². The van der Waals surface area contributed by atoms with Crippen molar-refractivity contribution in [2.45, 2.75) is 58.2 Å². The largest absolute Gasteiger partial charge is 0.351 e. The van der Waals surface area contributed by atoms with E-state index < -0.39 is 6.04 Å². The van der Waals surface area contributed by atoms with Gasteiger partial charge in [-0.05, 0) is 84.8 Å². The number of aryl methyl sites for hydroxylation is 1. The van der Waals surface area contributed by atoms with Crippen LogP contribution in [-0.2, 0) is 16.1 Å². The van der Waals surface area contributed by atoms with Gasteiger partial charge in [-0.15, -0.1) is 21.5 Å². The highest BCUT2D eigenvalue weighted by Gasteiger charge is 2.36. The van der Waals surface area contributed by atoms with Gasteiger partial charge in [0, 0.05) is 22.2 Å². The Morgan fingerprint density at radius 2 is 1.87 bits per heavy atom. The average molecular weight is 533 g/mol. The Morgan fingerprint density at radius 1 is 1.11 bits per heavy atom. The molecule has 1 saturated carbocycles.